The van der Waals surface area contributed by atoms with Crippen molar-refractivity contribution in [3.63, 3.8) is 0 Å². The molecule has 2 aliphatic rings. The van der Waals surface area contributed by atoms with Crippen LogP contribution in [0.5, 0.6) is 0 Å². The summed E-state index contributed by atoms with van der Waals surface area (Å²) in [5.74, 6) is 0. The molecule has 0 amide bonds. The third kappa shape index (κ3) is 0.965. The third-order valence-corrected chi connectivity index (χ3v) is 3.29. The standard InChI is InChI=1S/C8H11N.C2H6/c1-7(6-9)5-8(7)3-2-4-8;1-2/h2-5H2,1H3;1-2H3. The first kappa shape index (κ1) is 8.59. The van der Waals surface area contributed by atoms with Gasteiger partial charge in [-0.05, 0) is 31.6 Å². The fourth-order valence-electron chi connectivity index (χ4n) is 2.12. The van der Waals surface area contributed by atoms with E-state index in [9.17, 15) is 0 Å². The fraction of sp³-hybridized carbons (Fsp3) is 0.900. The maximum Gasteiger partial charge on any atom is 0.0692 e. The maximum atomic E-state index is 8.72. The maximum absolute atomic E-state index is 8.72. The molecule has 0 aliphatic heterocycles. The Morgan fingerprint density at radius 2 is 1.82 bits per heavy atom. The Morgan fingerprint density at radius 3 is 1.91 bits per heavy atom. The van der Waals surface area contributed by atoms with Crippen molar-refractivity contribution in [3.8, 4) is 6.07 Å². The van der Waals surface area contributed by atoms with Crippen molar-refractivity contribution in [2.45, 2.75) is 46.5 Å². The van der Waals surface area contributed by atoms with E-state index in [0.29, 0.717) is 5.41 Å². The molecule has 11 heavy (non-hydrogen) atoms. The average Bonchev–Trinajstić information content (AvgIpc) is 2.62. The van der Waals surface area contributed by atoms with Crippen LogP contribution in [0.4, 0.5) is 0 Å². The van der Waals surface area contributed by atoms with Gasteiger partial charge in [-0.25, -0.2) is 0 Å². The lowest BCUT2D eigenvalue weighted by molar-refractivity contribution is 0.239. The van der Waals surface area contributed by atoms with E-state index in [-0.39, 0.29) is 5.41 Å². The molecule has 2 fully saturated rings. The third-order valence-electron chi connectivity index (χ3n) is 3.29. The molecule has 2 rings (SSSR count). The summed E-state index contributed by atoms with van der Waals surface area (Å²) in [6.07, 6.45) is 5.17. The van der Waals surface area contributed by atoms with Gasteiger partial charge in [0.25, 0.3) is 0 Å². The van der Waals surface area contributed by atoms with E-state index in [2.05, 4.69) is 13.0 Å². The quantitative estimate of drug-likeness (QED) is 0.522. The Bertz CT molecular complexity index is 186. The topological polar surface area (TPSA) is 23.8 Å². The molecule has 0 saturated heterocycles. The second-order valence-electron chi connectivity index (χ2n) is 3.75. The van der Waals surface area contributed by atoms with Crippen LogP contribution in [0.1, 0.15) is 46.5 Å². The molecule has 0 aromatic rings. The van der Waals surface area contributed by atoms with Gasteiger partial charge in [0.15, 0.2) is 0 Å². The lowest BCUT2D eigenvalue weighted by atomic mass is 9.76. The Balaban J connectivity index is 0.000000281. The van der Waals surface area contributed by atoms with Crippen molar-refractivity contribution in [2.75, 3.05) is 0 Å². The van der Waals surface area contributed by atoms with E-state index in [0.717, 1.165) is 0 Å². The first-order valence-corrected chi connectivity index (χ1v) is 4.64. The summed E-state index contributed by atoms with van der Waals surface area (Å²) in [5.41, 5.74) is 0.604. The first-order chi connectivity index (χ1) is 5.22. The summed E-state index contributed by atoms with van der Waals surface area (Å²) >= 11 is 0. The predicted octanol–water partition coefficient (Wildman–Crippen LogP) is 3.12. The van der Waals surface area contributed by atoms with Crippen molar-refractivity contribution >= 4 is 0 Å². The summed E-state index contributed by atoms with van der Waals surface area (Å²) in [5, 5.41) is 8.72. The molecule has 1 nitrogen and oxygen atoms in total. The van der Waals surface area contributed by atoms with E-state index in [1.807, 2.05) is 13.8 Å². The van der Waals surface area contributed by atoms with Gasteiger partial charge in [0.1, 0.15) is 0 Å². The van der Waals surface area contributed by atoms with Crippen molar-refractivity contribution < 1.29 is 0 Å². The molecular weight excluding hydrogens is 134 g/mol. The second-order valence-corrected chi connectivity index (χ2v) is 3.75. The van der Waals surface area contributed by atoms with Crippen LogP contribution in [0, 0.1) is 22.2 Å². The summed E-state index contributed by atoms with van der Waals surface area (Å²) in [6.45, 7) is 6.10. The van der Waals surface area contributed by atoms with Crippen LogP contribution in [-0.2, 0) is 0 Å². The molecule has 1 heteroatoms. The van der Waals surface area contributed by atoms with Crippen LogP contribution >= 0.6 is 0 Å². The van der Waals surface area contributed by atoms with Crippen LogP contribution in [0.2, 0.25) is 0 Å². The van der Waals surface area contributed by atoms with Crippen molar-refractivity contribution in [1.29, 1.82) is 5.26 Å². The minimum atomic E-state index is 0.0885. The monoisotopic (exact) mass is 151 g/mol. The van der Waals surface area contributed by atoms with Gasteiger partial charge >= 0.3 is 0 Å². The number of hydrogen-bond donors (Lipinski definition) is 0. The molecule has 0 bridgehead atoms. The van der Waals surface area contributed by atoms with Gasteiger partial charge in [0.05, 0.1) is 11.5 Å². The molecule has 62 valence electrons. The van der Waals surface area contributed by atoms with Gasteiger partial charge < -0.3 is 0 Å². The van der Waals surface area contributed by atoms with E-state index in [4.69, 9.17) is 5.26 Å². The minimum Gasteiger partial charge on any atom is -0.198 e. The van der Waals surface area contributed by atoms with Gasteiger partial charge in [0.2, 0.25) is 0 Å². The van der Waals surface area contributed by atoms with Crippen LogP contribution < -0.4 is 0 Å². The molecule has 0 aromatic carbocycles. The number of nitriles is 1. The zero-order valence-electron chi connectivity index (χ0n) is 7.78. The number of nitrogens with zero attached hydrogens (tertiary/aromatic N) is 1. The summed E-state index contributed by atoms with van der Waals surface area (Å²) < 4.78 is 0. The van der Waals surface area contributed by atoms with Gasteiger partial charge in [-0.3, -0.25) is 0 Å². The molecule has 0 heterocycles. The SMILES string of the molecule is CC.CC1(C#N)CC12CCC2. The number of hydrogen-bond acceptors (Lipinski definition) is 1. The zero-order valence-corrected chi connectivity index (χ0v) is 7.78. The van der Waals surface area contributed by atoms with Gasteiger partial charge in [-0.1, -0.05) is 20.3 Å². The van der Waals surface area contributed by atoms with Crippen molar-refractivity contribution in [3.05, 3.63) is 0 Å². The van der Waals surface area contributed by atoms with Crippen LogP contribution in [0.3, 0.4) is 0 Å². The normalized spacial score (nSPS) is 36.2. The molecule has 0 aromatic heterocycles. The fourth-order valence-corrected chi connectivity index (χ4v) is 2.12. The van der Waals surface area contributed by atoms with Crippen LogP contribution in [-0.4, -0.2) is 0 Å². The van der Waals surface area contributed by atoms with E-state index in [1.54, 1.807) is 0 Å². The van der Waals surface area contributed by atoms with Crippen LogP contribution in [0.25, 0.3) is 0 Å². The highest BCUT2D eigenvalue weighted by Gasteiger charge is 2.67. The van der Waals surface area contributed by atoms with Gasteiger partial charge in [-0.2, -0.15) is 5.26 Å². The molecular formula is C10H17N. The van der Waals surface area contributed by atoms with E-state index >= 15 is 0 Å². The molecule has 0 N–H and O–H groups in total. The highest BCUT2D eigenvalue weighted by atomic mass is 14.7. The molecule has 1 unspecified atom stereocenters. The Labute approximate surface area is 69.4 Å². The summed E-state index contributed by atoms with van der Waals surface area (Å²) in [6, 6.07) is 2.41. The first-order valence-electron chi connectivity index (χ1n) is 4.64. The van der Waals surface area contributed by atoms with Crippen molar-refractivity contribution in [1.82, 2.24) is 0 Å². The lowest BCUT2D eigenvalue weighted by Gasteiger charge is -2.27. The van der Waals surface area contributed by atoms with Crippen molar-refractivity contribution in [2.24, 2.45) is 10.8 Å². The van der Waals surface area contributed by atoms with E-state index in [1.165, 1.54) is 25.7 Å². The average molecular weight is 151 g/mol. The predicted molar refractivity (Wildman–Crippen MR) is 46.0 cm³/mol. The zero-order chi connectivity index (χ0) is 8.54. The Kier molecular flexibility index (Phi) is 1.96. The number of rotatable bonds is 0. The highest BCUT2D eigenvalue weighted by molar-refractivity contribution is 5.25. The Hall–Kier alpha value is -0.510. The summed E-state index contributed by atoms with van der Waals surface area (Å²) in [4.78, 5) is 0. The van der Waals surface area contributed by atoms with Gasteiger partial charge in [0, 0.05) is 0 Å². The molecule has 0 radical (unpaired) electrons. The molecule has 1 atom stereocenters. The second kappa shape index (κ2) is 2.52. The highest BCUT2D eigenvalue weighted by Crippen LogP contribution is 2.73. The minimum absolute atomic E-state index is 0.0885. The van der Waals surface area contributed by atoms with Gasteiger partial charge in [-0.15, -0.1) is 0 Å². The smallest absolute Gasteiger partial charge is 0.0692 e. The molecule has 2 saturated carbocycles. The molecule has 2 aliphatic carbocycles. The van der Waals surface area contributed by atoms with E-state index < -0.39 is 0 Å². The molecule has 1 spiro atoms. The Morgan fingerprint density at radius 1 is 1.27 bits per heavy atom. The largest absolute Gasteiger partial charge is 0.198 e. The summed E-state index contributed by atoms with van der Waals surface area (Å²) in [7, 11) is 0. The van der Waals surface area contributed by atoms with Crippen LogP contribution in [0.15, 0.2) is 0 Å². The lowest BCUT2D eigenvalue weighted by Crippen LogP contribution is -2.18.